The highest BCUT2D eigenvalue weighted by Crippen LogP contribution is 2.16. The van der Waals surface area contributed by atoms with E-state index in [0.29, 0.717) is 38.2 Å². The summed E-state index contributed by atoms with van der Waals surface area (Å²) in [6, 6.07) is 14.1. The number of fused-ring (bicyclic) bond motifs is 18. The predicted molar refractivity (Wildman–Crippen MR) is 187 cm³/mol. The molecule has 3 heterocycles. The number of carbonyl (C=O) groups excluding carboxylic acids is 4. The number of aliphatic hydroxyl groups excluding tert-OH is 1. The van der Waals surface area contributed by atoms with Crippen LogP contribution in [0, 0.1) is 12.8 Å². The van der Waals surface area contributed by atoms with Gasteiger partial charge in [-0.2, -0.15) is 5.10 Å². The number of aliphatic hydroxyl groups is 1. The minimum Gasteiger partial charge on any atom is -0.394 e. The molecule has 0 unspecified atom stereocenters. The van der Waals surface area contributed by atoms with Crippen LogP contribution in [-0.4, -0.2) is 81.2 Å². The van der Waals surface area contributed by atoms with E-state index < -0.39 is 35.8 Å². The molecule has 3 atom stereocenters. The van der Waals surface area contributed by atoms with E-state index in [4.69, 9.17) is 0 Å². The quantitative estimate of drug-likeness (QED) is 0.230. The van der Waals surface area contributed by atoms with Crippen LogP contribution in [0.15, 0.2) is 60.8 Å². The van der Waals surface area contributed by atoms with Gasteiger partial charge >= 0.3 is 0 Å². The summed E-state index contributed by atoms with van der Waals surface area (Å²) in [5.74, 6) is -1.55. The van der Waals surface area contributed by atoms with Gasteiger partial charge in [-0.1, -0.05) is 56.3 Å². The van der Waals surface area contributed by atoms with Crippen molar-refractivity contribution in [3.8, 4) is 0 Å². The van der Waals surface area contributed by atoms with Crippen molar-refractivity contribution >= 4 is 23.6 Å². The Morgan fingerprint density at radius 2 is 1.61 bits per heavy atom. The number of aromatic nitrogens is 2. The molecular formula is C37H51N7O5. The molecule has 0 radical (unpaired) electrons. The van der Waals surface area contributed by atoms with Gasteiger partial charge in [0.05, 0.1) is 18.8 Å². The monoisotopic (exact) mass is 673 g/mol. The van der Waals surface area contributed by atoms with Crippen LogP contribution in [-0.2, 0) is 40.4 Å². The van der Waals surface area contributed by atoms with E-state index in [1.165, 1.54) is 0 Å². The summed E-state index contributed by atoms with van der Waals surface area (Å²) in [5.41, 5.74) is 4.26. The van der Waals surface area contributed by atoms with Crippen LogP contribution < -0.4 is 21.3 Å². The molecular weight excluding hydrogens is 622 g/mol. The third kappa shape index (κ3) is 11.5. The molecule has 5 rings (SSSR count). The van der Waals surface area contributed by atoms with E-state index in [9.17, 15) is 24.3 Å². The minimum absolute atomic E-state index is 0.00835. The first-order valence-electron chi connectivity index (χ1n) is 17.2. The Hall–Kier alpha value is -4.55. The molecule has 12 heteroatoms. The summed E-state index contributed by atoms with van der Waals surface area (Å²) in [6.07, 6.45) is 4.10. The van der Waals surface area contributed by atoms with Gasteiger partial charge in [-0.3, -0.25) is 28.8 Å². The second kappa shape index (κ2) is 18.3. The van der Waals surface area contributed by atoms with Crippen LogP contribution in [0.2, 0.25) is 0 Å². The number of benzene rings is 2. The summed E-state index contributed by atoms with van der Waals surface area (Å²) in [5, 5.41) is 25.4. The van der Waals surface area contributed by atoms with Gasteiger partial charge in [-0.15, -0.1) is 0 Å². The van der Waals surface area contributed by atoms with E-state index in [-0.39, 0.29) is 24.9 Å². The average molecular weight is 674 g/mol. The Bertz CT molecular complexity index is 1540. The summed E-state index contributed by atoms with van der Waals surface area (Å²) < 4.78 is 1.75. The number of carbonyl (C=O) groups is 4. The Labute approximate surface area is 289 Å². The smallest absolute Gasteiger partial charge is 0.251 e. The van der Waals surface area contributed by atoms with Crippen LogP contribution in [0.5, 0.6) is 0 Å². The Kier molecular flexibility index (Phi) is 13.9. The summed E-state index contributed by atoms with van der Waals surface area (Å²) in [4.78, 5) is 55.9. The molecule has 2 aromatic carbocycles. The molecule has 4 amide bonds. The van der Waals surface area contributed by atoms with Gasteiger partial charge in [0, 0.05) is 43.4 Å². The largest absolute Gasteiger partial charge is 0.394 e. The molecule has 1 aromatic heterocycles. The zero-order valence-corrected chi connectivity index (χ0v) is 29.1. The highest BCUT2D eigenvalue weighted by molar-refractivity contribution is 5.99. The van der Waals surface area contributed by atoms with Crippen molar-refractivity contribution in [2.24, 2.45) is 5.92 Å². The molecule has 5 N–H and O–H groups in total. The minimum atomic E-state index is -0.947. The molecule has 3 aromatic rings. The maximum atomic E-state index is 13.8. The van der Waals surface area contributed by atoms with E-state index >= 15 is 0 Å². The summed E-state index contributed by atoms with van der Waals surface area (Å²) in [7, 11) is 0. The Morgan fingerprint density at radius 1 is 0.898 bits per heavy atom. The second-order valence-electron chi connectivity index (χ2n) is 13.3. The molecule has 0 spiro atoms. The number of hydrogen-bond acceptors (Lipinski definition) is 7. The molecule has 49 heavy (non-hydrogen) atoms. The number of amides is 4. The highest BCUT2D eigenvalue weighted by atomic mass is 16.3. The number of rotatable bonds is 8. The SMILES string of the molecule is Cc1nn(CCO)cc1CN1CCCCNC(=O)[C@@H](C)NC(=O)[C@H](CC(C)C)NC(=O)[C@@H](Cc2ccccc2)NC(=O)c2ccc(cc2)C1. The molecule has 0 aliphatic carbocycles. The van der Waals surface area contributed by atoms with Crippen molar-refractivity contribution in [2.75, 3.05) is 19.7 Å². The summed E-state index contributed by atoms with van der Waals surface area (Å²) in [6.45, 7) is 10.4. The molecule has 2 bridgehead atoms. The van der Waals surface area contributed by atoms with E-state index in [2.05, 4.69) is 31.3 Å². The topological polar surface area (TPSA) is 158 Å². The van der Waals surface area contributed by atoms with Crippen molar-refractivity contribution in [3.05, 3.63) is 88.7 Å². The lowest BCUT2D eigenvalue weighted by Gasteiger charge is -2.25. The maximum absolute atomic E-state index is 13.8. The van der Waals surface area contributed by atoms with Gasteiger partial charge in [-0.25, -0.2) is 0 Å². The fraction of sp³-hybridized carbons (Fsp3) is 0.486. The van der Waals surface area contributed by atoms with Crippen LogP contribution in [0.4, 0.5) is 0 Å². The first-order valence-corrected chi connectivity index (χ1v) is 17.2. The van der Waals surface area contributed by atoms with Gasteiger partial charge in [-0.05, 0) is 68.8 Å². The van der Waals surface area contributed by atoms with Crippen molar-refractivity contribution in [2.45, 2.75) is 91.1 Å². The van der Waals surface area contributed by atoms with E-state index in [1.807, 2.05) is 69.4 Å². The fourth-order valence-corrected chi connectivity index (χ4v) is 5.89. The standard InChI is InChI=1S/C37H51N7O5/c1-25(2)20-32-36(48)39-27(4)34(46)38-16-8-9-17-43(23-31-24-44(18-19-45)42-26(31)3)22-29-12-14-30(15-13-29)35(47)40-33(37(49)41-32)21-28-10-6-5-7-11-28/h5-7,10-15,24-25,27,32-33,45H,8-9,16-23H2,1-4H3,(H,38,46)(H,39,48)(H,40,47)(H,41,49)/t27-,32+,33-/m1/s1. The first kappa shape index (κ1) is 37.3. The van der Waals surface area contributed by atoms with Gasteiger partial charge < -0.3 is 26.4 Å². The van der Waals surface area contributed by atoms with Crippen LogP contribution in [0.25, 0.3) is 0 Å². The number of nitrogens with zero attached hydrogens (tertiary/aromatic N) is 3. The molecule has 0 saturated carbocycles. The lowest BCUT2D eigenvalue weighted by atomic mass is 10.0. The van der Waals surface area contributed by atoms with Gasteiger partial charge in [0.1, 0.15) is 18.1 Å². The summed E-state index contributed by atoms with van der Waals surface area (Å²) >= 11 is 0. The van der Waals surface area contributed by atoms with Crippen LogP contribution in [0.1, 0.15) is 72.8 Å². The molecule has 0 saturated heterocycles. The second-order valence-corrected chi connectivity index (χ2v) is 13.3. The van der Waals surface area contributed by atoms with E-state index in [1.54, 1.807) is 23.7 Å². The van der Waals surface area contributed by atoms with Gasteiger partial charge in [0.15, 0.2) is 0 Å². The maximum Gasteiger partial charge on any atom is 0.251 e. The number of aryl methyl sites for hydroxylation is 1. The Balaban J connectivity index is 1.60. The first-order chi connectivity index (χ1) is 23.5. The number of nitrogens with one attached hydrogen (secondary N) is 4. The highest BCUT2D eigenvalue weighted by Gasteiger charge is 2.29. The zero-order valence-electron chi connectivity index (χ0n) is 29.1. The van der Waals surface area contributed by atoms with Gasteiger partial charge in [0.25, 0.3) is 5.91 Å². The van der Waals surface area contributed by atoms with Crippen LogP contribution >= 0.6 is 0 Å². The molecule has 0 fully saturated rings. The van der Waals surface area contributed by atoms with Crippen LogP contribution in [0.3, 0.4) is 0 Å². The molecule has 264 valence electrons. The average Bonchev–Trinajstić information content (AvgIpc) is 3.41. The van der Waals surface area contributed by atoms with E-state index in [0.717, 1.165) is 41.8 Å². The lowest BCUT2D eigenvalue weighted by Crippen LogP contribution is -2.57. The lowest BCUT2D eigenvalue weighted by molar-refractivity contribution is -0.132. The number of hydrogen-bond donors (Lipinski definition) is 5. The van der Waals surface area contributed by atoms with Crippen molar-refractivity contribution in [1.82, 2.24) is 35.9 Å². The normalized spacial score (nSPS) is 20.7. The molecule has 12 nitrogen and oxygen atoms in total. The third-order valence-corrected chi connectivity index (χ3v) is 8.59. The molecule has 2 aliphatic rings. The predicted octanol–water partition coefficient (Wildman–Crippen LogP) is 2.47. The van der Waals surface area contributed by atoms with Crippen molar-refractivity contribution in [3.63, 3.8) is 0 Å². The zero-order chi connectivity index (χ0) is 35.3. The Morgan fingerprint density at radius 3 is 2.31 bits per heavy atom. The molecule has 2 aliphatic heterocycles. The van der Waals surface area contributed by atoms with Crippen molar-refractivity contribution < 1.29 is 24.3 Å². The third-order valence-electron chi connectivity index (χ3n) is 8.59. The van der Waals surface area contributed by atoms with Crippen molar-refractivity contribution in [1.29, 1.82) is 0 Å². The van der Waals surface area contributed by atoms with Gasteiger partial charge in [0.2, 0.25) is 17.7 Å². The fourth-order valence-electron chi connectivity index (χ4n) is 5.89.